The van der Waals surface area contributed by atoms with Crippen LogP contribution >= 0.6 is 0 Å². The molecule has 0 radical (unpaired) electrons. The quantitative estimate of drug-likeness (QED) is 0.188. The highest BCUT2D eigenvalue weighted by atomic mass is 16.5. The number of amides is 2. The van der Waals surface area contributed by atoms with Crippen LogP contribution in [0, 0.1) is 18.8 Å². The van der Waals surface area contributed by atoms with Crippen molar-refractivity contribution in [2.24, 2.45) is 11.8 Å². The molecule has 1 aliphatic carbocycles. The largest absolute Gasteiger partial charge is 0.495 e. The SMILES string of the molecule is COc1ccccc1NC(=O)C1C(=O)CC(C)(O)C(C(=O)Nc2ccccc2OC)C1c1ccc(OCc2ccccc2C)cc1. The molecule has 4 unspecified atom stereocenters. The Morgan fingerprint density at radius 2 is 1.35 bits per heavy atom. The van der Waals surface area contributed by atoms with E-state index in [0.717, 1.165) is 11.1 Å². The fourth-order valence-corrected chi connectivity index (χ4v) is 6.13. The summed E-state index contributed by atoms with van der Waals surface area (Å²) in [6.07, 6.45) is -0.394. The van der Waals surface area contributed by atoms with E-state index < -0.39 is 47.4 Å². The van der Waals surface area contributed by atoms with Crippen LogP contribution in [0.5, 0.6) is 17.2 Å². The lowest BCUT2D eigenvalue weighted by Crippen LogP contribution is -2.56. The average molecular weight is 623 g/mol. The van der Waals surface area contributed by atoms with Crippen LogP contribution in [0.2, 0.25) is 0 Å². The van der Waals surface area contributed by atoms with Crippen LogP contribution in [0.4, 0.5) is 11.4 Å². The monoisotopic (exact) mass is 622 g/mol. The van der Waals surface area contributed by atoms with Crippen molar-refractivity contribution in [1.29, 1.82) is 0 Å². The fraction of sp³-hybridized carbons (Fsp3) is 0.270. The van der Waals surface area contributed by atoms with Crippen LogP contribution in [-0.2, 0) is 21.0 Å². The molecule has 0 bridgehead atoms. The van der Waals surface area contributed by atoms with Gasteiger partial charge in [-0.25, -0.2) is 0 Å². The molecule has 4 atom stereocenters. The maximum Gasteiger partial charge on any atom is 0.235 e. The van der Waals surface area contributed by atoms with E-state index in [-0.39, 0.29) is 0 Å². The molecule has 0 aliphatic heterocycles. The molecule has 4 aromatic rings. The second-order valence-electron chi connectivity index (χ2n) is 11.6. The van der Waals surface area contributed by atoms with Gasteiger partial charge in [0.25, 0.3) is 0 Å². The first kappa shape index (κ1) is 32.2. The lowest BCUT2D eigenvalue weighted by molar-refractivity contribution is -0.150. The Labute approximate surface area is 268 Å². The number of carbonyl (C=O) groups excluding carboxylic acids is 3. The summed E-state index contributed by atoms with van der Waals surface area (Å²) in [6.45, 7) is 3.83. The Kier molecular flexibility index (Phi) is 9.72. The van der Waals surface area contributed by atoms with E-state index in [1.807, 2.05) is 31.2 Å². The highest BCUT2D eigenvalue weighted by molar-refractivity contribution is 6.11. The Morgan fingerprint density at radius 1 is 0.804 bits per heavy atom. The lowest BCUT2D eigenvalue weighted by Gasteiger charge is -2.44. The molecule has 9 heteroatoms. The number of hydrogen-bond donors (Lipinski definition) is 3. The van der Waals surface area contributed by atoms with E-state index in [9.17, 15) is 19.5 Å². The van der Waals surface area contributed by atoms with Gasteiger partial charge in [-0.05, 0) is 66.9 Å². The minimum absolute atomic E-state index is 0.358. The van der Waals surface area contributed by atoms with E-state index >= 15 is 0 Å². The van der Waals surface area contributed by atoms with Gasteiger partial charge in [-0.15, -0.1) is 0 Å². The molecule has 1 saturated carbocycles. The second-order valence-corrected chi connectivity index (χ2v) is 11.6. The number of nitrogens with one attached hydrogen (secondary N) is 2. The summed E-state index contributed by atoms with van der Waals surface area (Å²) in [4.78, 5) is 41.8. The summed E-state index contributed by atoms with van der Waals surface area (Å²) in [6, 6.07) is 28.7. The molecule has 5 rings (SSSR count). The van der Waals surface area contributed by atoms with Gasteiger partial charge in [0, 0.05) is 12.3 Å². The summed E-state index contributed by atoms with van der Waals surface area (Å²) >= 11 is 0. The van der Waals surface area contributed by atoms with E-state index in [0.29, 0.717) is 40.8 Å². The van der Waals surface area contributed by atoms with Gasteiger partial charge in [0.15, 0.2) is 0 Å². The van der Waals surface area contributed by atoms with E-state index in [1.54, 1.807) is 72.8 Å². The Balaban J connectivity index is 1.52. The first-order valence-corrected chi connectivity index (χ1v) is 15.0. The molecule has 0 aromatic heterocycles. The molecular weight excluding hydrogens is 584 g/mol. The van der Waals surface area contributed by atoms with Crippen molar-refractivity contribution in [2.45, 2.75) is 38.4 Å². The maximum absolute atomic E-state index is 14.1. The molecule has 1 fully saturated rings. The van der Waals surface area contributed by atoms with Crippen LogP contribution in [-0.4, -0.2) is 42.5 Å². The lowest BCUT2D eigenvalue weighted by atomic mass is 9.61. The molecule has 2 amide bonds. The third-order valence-corrected chi connectivity index (χ3v) is 8.48. The maximum atomic E-state index is 14.1. The van der Waals surface area contributed by atoms with E-state index in [1.165, 1.54) is 21.1 Å². The molecule has 9 nitrogen and oxygen atoms in total. The first-order chi connectivity index (χ1) is 22.1. The van der Waals surface area contributed by atoms with Crippen LogP contribution in [0.3, 0.4) is 0 Å². The standard InChI is InChI=1S/C37H38N2O7/c1-23-11-5-6-12-25(23)22-46-26-19-17-24(18-20-26)32-33(35(41)38-27-13-7-9-15-30(27)44-3)29(40)21-37(2,43)34(32)36(42)39-28-14-8-10-16-31(28)45-4/h5-20,32-34,43H,21-22H2,1-4H3,(H,38,41)(H,39,42). The van der Waals surface area contributed by atoms with Gasteiger partial charge in [-0.2, -0.15) is 0 Å². The highest BCUT2D eigenvalue weighted by Gasteiger charge is 2.56. The predicted octanol–water partition coefficient (Wildman–Crippen LogP) is 5.91. The number of ether oxygens (including phenoxy) is 3. The third-order valence-electron chi connectivity index (χ3n) is 8.48. The minimum Gasteiger partial charge on any atom is -0.495 e. The normalized spacial score (nSPS) is 20.8. The van der Waals surface area contributed by atoms with Gasteiger partial charge in [0.1, 0.15) is 35.6 Å². The molecule has 0 saturated heterocycles. The number of Topliss-reactive ketones (excluding diaryl/α,β-unsaturated/α-hetero) is 1. The molecule has 0 heterocycles. The van der Waals surface area contributed by atoms with Gasteiger partial charge < -0.3 is 30.0 Å². The molecule has 4 aromatic carbocycles. The molecular formula is C37H38N2O7. The fourth-order valence-electron chi connectivity index (χ4n) is 6.13. The zero-order chi connectivity index (χ0) is 32.8. The topological polar surface area (TPSA) is 123 Å². The zero-order valence-electron chi connectivity index (χ0n) is 26.3. The number of aryl methyl sites for hydroxylation is 1. The Bertz CT molecular complexity index is 1720. The number of hydrogen-bond acceptors (Lipinski definition) is 7. The molecule has 1 aliphatic rings. The summed E-state index contributed by atoms with van der Waals surface area (Å²) in [5.74, 6) is -3.73. The van der Waals surface area contributed by atoms with Crippen molar-refractivity contribution in [3.8, 4) is 17.2 Å². The number of rotatable bonds is 10. The zero-order valence-corrected chi connectivity index (χ0v) is 26.3. The Morgan fingerprint density at radius 3 is 1.93 bits per heavy atom. The van der Waals surface area contributed by atoms with E-state index in [4.69, 9.17) is 14.2 Å². The van der Waals surface area contributed by atoms with Gasteiger partial charge in [0.2, 0.25) is 11.8 Å². The minimum atomic E-state index is -1.77. The molecule has 3 N–H and O–H groups in total. The van der Waals surface area contributed by atoms with Crippen molar-refractivity contribution in [2.75, 3.05) is 24.9 Å². The summed E-state index contributed by atoms with van der Waals surface area (Å²) in [5.41, 5.74) is 1.69. The number of carbonyl (C=O) groups is 3. The number of anilines is 2. The van der Waals surface area contributed by atoms with Gasteiger partial charge in [-0.1, -0.05) is 60.7 Å². The predicted molar refractivity (Wildman–Crippen MR) is 175 cm³/mol. The second kappa shape index (κ2) is 13.9. The van der Waals surface area contributed by atoms with Gasteiger partial charge in [0.05, 0.1) is 37.1 Å². The number of benzene rings is 4. The van der Waals surface area contributed by atoms with Gasteiger partial charge >= 0.3 is 0 Å². The third kappa shape index (κ3) is 6.89. The van der Waals surface area contributed by atoms with Crippen LogP contribution in [0.25, 0.3) is 0 Å². The molecule has 0 spiro atoms. The Hall–Kier alpha value is -5.15. The number of ketones is 1. The number of methoxy groups -OCH3 is 2. The highest BCUT2D eigenvalue weighted by Crippen LogP contribution is 2.47. The first-order valence-electron chi connectivity index (χ1n) is 15.0. The summed E-state index contributed by atoms with van der Waals surface area (Å²) in [7, 11) is 2.97. The van der Waals surface area contributed by atoms with Crippen molar-refractivity contribution < 1.29 is 33.7 Å². The van der Waals surface area contributed by atoms with Crippen LogP contribution in [0.1, 0.15) is 36.0 Å². The number of aliphatic hydroxyl groups is 1. The summed E-state index contributed by atoms with van der Waals surface area (Å²) in [5, 5.41) is 17.4. The van der Waals surface area contributed by atoms with Gasteiger partial charge in [-0.3, -0.25) is 14.4 Å². The smallest absolute Gasteiger partial charge is 0.235 e. The van der Waals surface area contributed by atoms with Crippen LogP contribution in [0.15, 0.2) is 97.1 Å². The van der Waals surface area contributed by atoms with Crippen molar-refractivity contribution >= 4 is 29.0 Å². The average Bonchev–Trinajstić information content (AvgIpc) is 3.04. The van der Waals surface area contributed by atoms with Crippen LogP contribution < -0.4 is 24.8 Å². The summed E-state index contributed by atoms with van der Waals surface area (Å²) < 4.78 is 16.8. The number of para-hydroxylation sites is 4. The molecule has 46 heavy (non-hydrogen) atoms. The molecule has 238 valence electrons. The van der Waals surface area contributed by atoms with Crippen molar-refractivity contribution in [1.82, 2.24) is 0 Å². The van der Waals surface area contributed by atoms with Crippen molar-refractivity contribution in [3.05, 3.63) is 114 Å². The van der Waals surface area contributed by atoms with Crippen molar-refractivity contribution in [3.63, 3.8) is 0 Å². The van der Waals surface area contributed by atoms with E-state index in [2.05, 4.69) is 10.6 Å².